The molecule has 1 aromatic carbocycles. The average Bonchev–Trinajstić information content (AvgIpc) is 2.97. The molecule has 5 nitrogen and oxygen atoms in total. The first-order chi connectivity index (χ1) is 10.0. The predicted molar refractivity (Wildman–Crippen MR) is 77.9 cm³/mol. The van der Waals surface area contributed by atoms with Crippen LogP contribution in [0.4, 0.5) is 0 Å². The van der Waals surface area contributed by atoms with E-state index in [9.17, 15) is 9.59 Å². The summed E-state index contributed by atoms with van der Waals surface area (Å²) in [6.07, 6.45) is 0.286. The molecular formula is C16H21NO4. The second-order valence-corrected chi connectivity index (χ2v) is 5.35. The largest absolute Gasteiger partial charge is 0.479 e. The molecule has 0 bridgehead atoms. The van der Waals surface area contributed by atoms with Gasteiger partial charge in [-0.15, -0.1) is 0 Å². The maximum atomic E-state index is 12.1. The standard InChI is InChI=1S/C16H21NO4/c1-3-11-4-6-12(7-5-11)10(2)17-15(18)13-8-9-14(21-13)16(19)20/h4-7,10,13-14H,3,8-9H2,1-2H3,(H,17,18)(H,19,20). The van der Waals surface area contributed by atoms with Gasteiger partial charge in [0, 0.05) is 0 Å². The number of carbonyl (C=O) groups excluding carboxylic acids is 1. The molecule has 1 aromatic rings. The van der Waals surface area contributed by atoms with Crippen LogP contribution >= 0.6 is 0 Å². The molecule has 0 spiro atoms. The van der Waals surface area contributed by atoms with Gasteiger partial charge in [-0.1, -0.05) is 31.2 Å². The molecule has 2 rings (SSSR count). The molecule has 3 atom stereocenters. The number of aryl methyl sites for hydroxylation is 1. The van der Waals surface area contributed by atoms with Crippen LogP contribution in [0.2, 0.25) is 0 Å². The van der Waals surface area contributed by atoms with Gasteiger partial charge in [0.1, 0.15) is 6.10 Å². The number of nitrogens with one attached hydrogen (secondary N) is 1. The van der Waals surface area contributed by atoms with Gasteiger partial charge in [0.05, 0.1) is 6.04 Å². The van der Waals surface area contributed by atoms with Gasteiger partial charge in [-0.3, -0.25) is 4.79 Å². The van der Waals surface area contributed by atoms with Crippen molar-refractivity contribution in [3.63, 3.8) is 0 Å². The first kappa shape index (κ1) is 15.5. The van der Waals surface area contributed by atoms with Crippen LogP contribution in [0, 0.1) is 0 Å². The van der Waals surface area contributed by atoms with Gasteiger partial charge in [0.25, 0.3) is 0 Å². The lowest BCUT2D eigenvalue weighted by molar-refractivity contribution is -0.151. The highest BCUT2D eigenvalue weighted by Crippen LogP contribution is 2.21. The maximum absolute atomic E-state index is 12.1. The zero-order valence-corrected chi connectivity index (χ0v) is 12.3. The summed E-state index contributed by atoms with van der Waals surface area (Å²) >= 11 is 0. The Balaban J connectivity index is 1.91. The first-order valence-electron chi connectivity index (χ1n) is 7.28. The number of carbonyl (C=O) groups is 2. The molecule has 0 aliphatic carbocycles. The molecule has 21 heavy (non-hydrogen) atoms. The van der Waals surface area contributed by atoms with Gasteiger partial charge in [-0.2, -0.15) is 0 Å². The van der Waals surface area contributed by atoms with E-state index < -0.39 is 18.2 Å². The maximum Gasteiger partial charge on any atom is 0.332 e. The lowest BCUT2D eigenvalue weighted by Gasteiger charge is -2.18. The quantitative estimate of drug-likeness (QED) is 0.870. The van der Waals surface area contributed by atoms with E-state index in [4.69, 9.17) is 9.84 Å². The summed E-state index contributed by atoms with van der Waals surface area (Å²) in [5.41, 5.74) is 2.27. The van der Waals surface area contributed by atoms with Gasteiger partial charge in [0.2, 0.25) is 5.91 Å². The highest BCUT2D eigenvalue weighted by molar-refractivity contribution is 5.83. The average molecular weight is 291 g/mol. The second-order valence-electron chi connectivity index (χ2n) is 5.35. The minimum atomic E-state index is -1.01. The van der Waals surface area contributed by atoms with Crippen LogP contribution in [0.1, 0.15) is 43.9 Å². The molecule has 3 unspecified atom stereocenters. The van der Waals surface area contributed by atoms with Crippen molar-refractivity contribution >= 4 is 11.9 Å². The summed E-state index contributed by atoms with van der Waals surface area (Å²) in [7, 11) is 0. The van der Waals surface area contributed by atoms with E-state index in [1.165, 1.54) is 5.56 Å². The topological polar surface area (TPSA) is 75.6 Å². The van der Waals surface area contributed by atoms with E-state index in [0.717, 1.165) is 12.0 Å². The van der Waals surface area contributed by atoms with E-state index >= 15 is 0 Å². The number of amides is 1. The highest BCUT2D eigenvalue weighted by Gasteiger charge is 2.35. The summed E-state index contributed by atoms with van der Waals surface area (Å²) < 4.78 is 5.25. The van der Waals surface area contributed by atoms with Crippen LogP contribution in [0.15, 0.2) is 24.3 Å². The fourth-order valence-corrected chi connectivity index (χ4v) is 2.44. The van der Waals surface area contributed by atoms with E-state index in [0.29, 0.717) is 12.8 Å². The first-order valence-corrected chi connectivity index (χ1v) is 7.28. The Kier molecular flexibility index (Phi) is 4.96. The van der Waals surface area contributed by atoms with Crippen LogP contribution in [-0.2, 0) is 20.7 Å². The van der Waals surface area contributed by atoms with Crippen LogP contribution in [0.5, 0.6) is 0 Å². The third-order valence-corrected chi connectivity index (χ3v) is 3.83. The van der Waals surface area contributed by atoms with Crippen molar-refractivity contribution in [3.05, 3.63) is 35.4 Å². The van der Waals surface area contributed by atoms with Crippen molar-refractivity contribution in [1.82, 2.24) is 5.32 Å². The fourth-order valence-electron chi connectivity index (χ4n) is 2.44. The predicted octanol–water partition coefficient (Wildman–Crippen LogP) is 2.06. The second kappa shape index (κ2) is 6.72. The molecule has 1 saturated heterocycles. The SMILES string of the molecule is CCc1ccc(C(C)NC(=O)C2CCC(C(=O)O)O2)cc1. The summed E-state index contributed by atoms with van der Waals surface area (Å²) in [6.45, 7) is 4.00. The summed E-state index contributed by atoms with van der Waals surface area (Å²) in [6, 6.07) is 7.96. The van der Waals surface area contributed by atoms with Gasteiger partial charge in [0.15, 0.2) is 6.10 Å². The van der Waals surface area contributed by atoms with Crippen molar-refractivity contribution in [1.29, 1.82) is 0 Å². The van der Waals surface area contributed by atoms with Gasteiger partial charge in [-0.05, 0) is 37.3 Å². The third-order valence-electron chi connectivity index (χ3n) is 3.83. The lowest BCUT2D eigenvalue weighted by Crippen LogP contribution is -2.37. The van der Waals surface area contributed by atoms with Crippen LogP contribution in [0.25, 0.3) is 0 Å². The molecule has 114 valence electrons. The molecule has 0 radical (unpaired) electrons. The number of ether oxygens (including phenoxy) is 1. The molecule has 0 aromatic heterocycles. The van der Waals surface area contributed by atoms with E-state index in [-0.39, 0.29) is 11.9 Å². The molecule has 1 heterocycles. The van der Waals surface area contributed by atoms with Crippen molar-refractivity contribution in [3.8, 4) is 0 Å². The number of benzene rings is 1. The van der Waals surface area contributed by atoms with Gasteiger partial charge >= 0.3 is 5.97 Å². The van der Waals surface area contributed by atoms with Gasteiger partial charge < -0.3 is 15.2 Å². The molecule has 1 aliphatic heterocycles. The normalized spacial score (nSPS) is 22.8. The molecule has 5 heteroatoms. The van der Waals surface area contributed by atoms with Crippen LogP contribution in [-0.4, -0.2) is 29.2 Å². The number of carboxylic acids is 1. The number of hydrogen-bond acceptors (Lipinski definition) is 3. The Bertz CT molecular complexity index is 512. The number of carboxylic acid groups (broad SMARTS) is 1. The summed E-state index contributed by atoms with van der Waals surface area (Å²) in [5.74, 6) is -1.25. The lowest BCUT2D eigenvalue weighted by atomic mass is 10.0. The Labute approximate surface area is 124 Å². The Morgan fingerprint density at radius 1 is 1.29 bits per heavy atom. The Morgan fingerprint density at radius 3 is 2.43 bits per heavy atom. The highest BCUT2D eigenvalue weighted by atomic mass is 16.5. The molecular weight excluding hydrogens is 270 g/mol. The molecule has 1 fully saturated rings. The molecule has 1 amide bonds. The van der Waals surface area contributed by atoms with Crippen molar-refractivity contribution in [2.45, 2.75) is 51.4 Å². The minimum Gasteiger partial charge on any atom is -0.479 e. The Hall–Kier alpha value is -1.88. The zero-order chi connectivity index (χ0) is 15.4. The van der Waals surface area contributed by atoms with Gasteiger partial charge in [-0.25, -0.2) is 4.79 Å². The fraction of sp³-hybridized carbons (Fsp3) is 0.500. The molecule has 1 aliphatic rings. The van der Waals surface area contributed by atoms with Crippen LogP contribution in [0.3, 0.4) is 0 Å². The third kappa shape index (κ3) is 3.82. The smallest absolute Gasteiger partial charge is 0.332 e. The molecule has 2 N–H and O–H groups in total. The minimum absolute atomic E-state index is 0.129. The van der Waals surface area contributed by atoms with Crippen molar-refractivity contribution in [2.24, 2.45) is 0 Å². The van der Waals surface area contributed by atoms with E-state index in [1.807, 2.05) is 31.2 Å². The molecule has 0 saturated carbocycles. The van der Waals surface area contributed by atoms with Crippen LogP contribution < -0.4 is 5.32 Å². The van der Waals surface area contributed by atoms with Crippen molar-refractivity contribution in [2.75, 3.05) is 0 Å². The van der Waals surface area contributed by atoms with E-state index in [1.54, 1.807) is 0 Å². The zero-order valence-electron chi connectivity index (χ0n) is 12.3. The van der Waals surface area contributed by atoms with Crippen molar-refractivity contribution < 1.29 is 19.4 Å². The Morgan fingerprint density at radius 2 is 1.90 bits per heavy atom. The number of rotatable bonds is 5. The summed E-state index contributed by atoms with van der Waals surface area (Å²) in [4.78, 5) is 22.9. The number of aliphatic carboxylic acids is 1. The van der Waals surface area contributed by atoms with E-state index in [2.05, 4.69) is 12.2 Å². The monoisotopic (exact) mass is 291 g/mol. The summed E-state index contributed by atoms with van der Waals surface area (Å²) in [5, 5.41) is 11.7. The number of hydrogen-bond donors (Lipinski definition) is 2.